The number of para-hydroxylation sites is 1. The third-order valence-corrected chi connectivity index (χ3v) is 6.60. The summed E-state index contributed by atoms with van der Waals surface area (Å²) in [6.45, 7) is 7.41. The van der Waals surface area contributed by atoms with E-state index in [0.29, 0.717) is 42.8 Å². The summed E-state index contributed by atoms with van der Waals surface area (Å²) in [5, 5.41) is 1.68. The number of ether oxygens (including phenoxy) is 3. The van der Waals surface area contributed by atoms with Gasteiger partial charge in [-0.05, 0) is 74.4 Å². The molecule has 38 heavy (non-hydrogen) atoms. The van der Waals surface area contributed by atoms with Crippen molar-refractivity contribution in [2.45, 2.75) is 39.3 Å². The molecule has 3 atom stereocenters. The first-order valence-corrected chi connectivity index (χ1v) is 13.1. The number of benzene rings is 3. The highest BCUT2D eigenvalue weighted by Gasteiger charge is 2.60. The van der Waals surface area contributed by atoms with Crippen LogP contribution < -0.4 is 24.2 Å². The Morgan fingerprint density at radius 3 is 2.18 bits per heavy atom. The Kier molecular flexibility index (Phi) is 7.51. The van der Waals surface area contributed by atoms with Crippen LogP contribution in [0.25, 0.3) is 0 Å². The third-order valence-electron chi connectivity index (χ3n) is 6.60. The molecule has 0 aromatic heterocycles. The molecule has 2 amide bonds. The van der Waals surface area contributed by atoms with Gasteiger partial charge in [0, 0.05) is 0 Å². The number of carbonyl (C=O) groups is 2. The van der Waals surface area contributed by atoms with Gasteiger partial charge in [-0.15, -0.1) is 0 Å². The molecule has 0 unspecified atom stereocenters. The molecule has 0 spiro atoms. The lowest BCUT2D eigenvalue weighted by Crippen LogP contribution is -2.37. The van der Waals surface area contributed by atoms with Crippen LogP contribution in [0.2, 0.25) is 0 Å². The summed E-state index contributed by atoms with van der Waals surface area (Å²) in [4.78, 5) is 35.0. The Morgan fingerprint density at radius 1 is 0.763 bits per heavy atom. The molecular weight excluding hydrogens is 484 g/mol. The summed E-state index contributed by atoms with van der Waals surface area (Å²) in [5.41, 5.74) is 2.04. The molecule has 3 aromatic rings. The van der Waals surface area contributed by atoms with Crippen molar-refractivity contribution >= 4 is 23.2 Å². The van der Waals surface area contributed by atoms with Gasteiger partial charge in [-0.2, -0.15) is 0 Å². The third kappa shape index (κ3) is 4.67. The second kappa shape index (κ2) is 11.1. The Hall–Kier alpha value is -4.04. The van der Waals surface area contributed by atoms with E-state index < -0.39 is 18.1 Å². The van der Waals surface area contributed by atoms with Crippen LogP contribution >= 0.6 is 0 Å². The van der Waals surface area contributed by atoms with Gasteiger partial charge in [-0.25, -0.2) is 9.96 Å². The SMILES string of the molecule is CCCOc1ccc([C@H]2[C@H]3C(=O)N(c4ccc(OCC)cc4)C(=O)[C@H]3ON2c2ccccc2)cc1OCC. The number of imide groups is 1. The summed E-state index contributed by atoms with van der Waals surface area (Å²) in [5.74, 6) is 0.469. The van der Waals surface area contributed by atoms with Crippen molar-refractivity contribution in [1.82, 2.24) is 0 Å². The molecule has 2 aliphatic heterocycles. The highest BCUT2D eigenvalue weighted by atomic mass is 16.7. The Bertz CT molecular complexity index is 1280. The molecule has 0 saturated carbocycles. The van der Waals surface area contributed by atoms with E-state index in [1.165, 1.54) is 4.90 Å². The molecule has 2 aliphatic rings. The summed E-state index contributed by atoms with van der Waals surface area (Å²) < 4.78 is 17.3. The van der Waals surface area contributed by atoms with E-state index in [9.17, 15) is 9.59 Å². The molecule has 0 aliphatic carbocycles. The Morgan fingerprint density at radius 2 is 1.50 bits per heavy atom. The zero-order valence-corrected chi connectivity index (χ0v) is 21.8. The summed E-state index contributed by atoms with van der Waals surface area (Å²) in [7, 11) is 0. The molecule has 2 heterocycles. The van der Waals surface area contributed by atoms with Crippen molar-refractivity contribution in [3.05, 3.63) is 78.4 Å². The van der Waals surface area contributed by atoms with Crippen LogP contribution in [0.4, 0.5) is 11.4 Å². The largest absolute Gasteiger partial charge is 0.494 e. The average molecular weight is 517 g/mol. The number of nitrogens with zero attached hydrogens (tertiary/aromatic N) is 2. The van der Waals surface area contributed by atoms with Gasteiger partial charge >= 0.3 is 0 Å². The van der Waals surface area contributed by atoms with Crippen molar-refractivity contribution in [3.63, 3.8) is 0 Å². The number of hydrogen-bond acceptors (Lipinski definition) is 7. The minimum absolute atomic E-state index is 0.308. The first kappa shape index (κ1) is 25.6. The summed E-state index contributed by atoms with van der Waals surface area (Å²) >= 11 is 0. The van der Waals surface area contributed by atoms with E-state index in [1.54, 1.807) is 29.3 Å². The minimum atomic E-state index is -0.953. The van der Waals surface area contributed by atoms with E-state index in [0.717, 1.165) is 17.7 Å². The van der Waals surface area contributed by atoms with E-state index in [4.69, 9.17) is 19.0 Å². The van der Waals surface area contributed by atoms with Crippen LogP contribution in [-0.4, -0.2) is 37.7 Å². The quantitative estimate of drug-likeness (QED) is 0.337. The maximum atomic E-state index is 13.9. The summed E-state index contributed by atoms with van der Waals surface area (Å²) in [6, 6.07) is 21.6. The van der Waals surface area contributed by atoms with Crippen molar-refractivity contribution in [2.75, 3.05) is 29.8 Å². The van der Waals surface area contributed by atoms with Gasteiger partial charge in [0.15, 0.2) is 17.6 Å². The molecule has 8 heteroatoms. The number of hydroxylamine groups is 1. The van der Waals surface area contributed by atoms with E-state index >= 15 is 0 Å². The van der Waals surface area contributed by atoms with Crippen molar-refractivity contribution in [1.29, 1.82) is 0 Å². The van der Waals surface area contributed by atoms with E-state index in [-0.39, 0.29) is 11.8 Å². The van der Waals surface area contributed by atoms with Gasteiger partial charge < -0.3 is 14.2 Å². The number of anilines is 2. The lowest BCUT2D eigenvalue weighted by atomic mass is 9.90. The normalized spacial score (nSPS) is 20.6. The van der Waals surface area contributed by atoms with Crippen molar-refractivity contribution < 1.29 is 28.6 Å². The monoisotopic (exact) mass is 516 g/mol. The van der Waals surface area contributed by atoms with Gasteiger partial charge in [-0.3, -0.25) is 14.4 Å². The first-order valence-electron chi connectivity index (χ1n) is 13.1. The second-order valence-electron chi connectivity index (χ2n) is 9.08. The number of fused-ring (bicyclic) bond motifs is 1. The van der Waals surface area contributed by atoms with E-state index in [2.05, 4.69) is 0 Å². The molecule has 198 valence electrons. The molecule has 3 aromatic carbocycles. The zero-order chi connectivity index (χ0) is 26.6. The lowest BCUT2D eigenvalue weighted by molar-refractivity contribution is -0.126. The molecule has 0 radical (unpaired) electrons. The summed E-state index contributed by atoms with van der Waals surface area (Å²) in [6.07, 6.45) is -0.0846. The van der Waals surface area contributed by atoms with E-state index in [1.807, 2.05) is 69.3 Å². The highest BCUT2D eigenvalue weighted by molar-refractivity contribution is 6.23. The fourth-order valence-electron chi connectivity index (χ4n) is 4.97. The highest BCUT2D eigenvalue weighted by Crippen LogP contribution is 2.48. The van der Waals surface area contributed by atoms with Crippen LogP contribution in [-0.2, 0) is 14.4 Å². The second-order valence-corrected chi connectivity index (χ2v) is 9.08. The van der Waals surface area contributed by atoms with Crippen LogP contribution in [0.3, 0.4) is 0 Å². The minimum Gasteiger partial charge on any atom is -0.494 e. The number of carbonyl (C=O) groups excluding carboxylic acids is 2. The molecule has 2 saturated heterocycles. The number of amides is 2. The van der Waals surface area contributed by atoms with Crippen LogP contribution in [0.1, 0.15) is 38.8 Å². The van der Waals surface area contributed by atoms with Crippen LogP contribution in [0.5, 0.6) is 17.2 Å². The van der Waals surface area contributed by atoms with Crippen LogP contribution in [0.15, 0.2) is 72.8 Å². The molecule has 2 fully saturated rings. The van der Waals surface area contributed by atoms with Gasteiger partial charge in [0.2, 0.25) is 5.91 Å². The zero-order valence-electron chi connectivity index (χ0n) is 21.8. The topological polar surface area (TPSA) is 77.5 Å². The average Bonchev–Trinajstić information content (AvgIpc) is 3.45. The predicted octanol–water partition coefficient (Wildman–Crippen LogP) is 5.32. The molecule has 0 N–H and O–H groups in total. The first-order chi connectivity index (χ1) is 18.6. The molecular formula is C30H32N2O6. The number of rotatable bonds is 10. The predicted molar refractivity (Wildman–Crippen MR) is 144 cm³/mol. The maximum absolute atomic E-state index is 13.9. The van der Waals surface area contributed by atoms with Crippen molar-refractivity contribution in [2.24, 2.45) is 5.92 Å². The van der Waals surface area contributed by atoms with Crippen LogP contribution in [0, 0.1) is 5.92 Å². The molecule has 5 rings (SSSR count). The maximum Gasteiger partial charge on any atom is 0.266 e. The molecule has 0 bridgehead atoms. The fraction of sp³-hybridized carbons (Fsp3) is 0.333. The smallest absolute Gasteiger partial charge is 0.266 e. The van der Waals surface area contributed by atoms with Crippen molar-refractivity contribution in [3.8, 4) is 17.2 Å². The standard InChI is InChI=1S/C30H32N2O6/c1-4-18-37-24-17-12-20(19-25(24)36-6-3)27-26-28(38-32(27)22-10-8-7-9-11-22)30(34)31(29(26)33)21-13-15-23(16-14-21)35-5-2/h7-17,19,26-28H,4-6,18H2,1-3H3/t26-,27+,28+/m1/s1. The van der Waals surface area contributed by atoms with Gasteiger partial charge in [0.05, 0.1) is 37.2 Å². The van der Waals surface area contributed by atoms with Gasteiger partial charge in [-0.1, -0.05) is 31.2 Å². The lowest BCUT2D eigenvalue weighted by Gasteiger charge is -2.29. The van der Waals surface area contributed by atoms with Gasteiger partial charge in [0.25, 0.3) is 5.91 Å². The fourth-order valence-corrected chi connectivity index (χ4v) is 4.97. The molecule has 8 nitrogen and oxygen atoms in total. The number of hydrogen-bond donors (Lipinski definition) is 0. The Labute approximate surface area is 222 Å². The Balaban J connectivity index is 1.54. The van der Waals surface area contributed by atoms with Gasteiger partial charge in [0.1, 0.15) is 11.7 Å².